The fourth-order valence-electron chi connectivity index (χ4n) is 1.79. The first-order valence-electron chi connectivity index (χ1n) is 6.29. The molecular formula is C14H15ClN4O2. The number of esters is 1. The zero-order chi connectivity index (χ0) is 15.4. The van der Waals surface area contributed by atoms with Crippen molar-refractivity contribution in [1.29, 1.82) is 0 Å². The molecule has 0 aromatic carbocycles. The number of hydrogen-bond acceptors (Lipinski definition) is 6. The Kier molecular flexibility index (Phi) is 4.70. The summed E-state index contributed by atoms with van der Waals surface area (Å²) in [5, 5.41) is 0.181. The maximum atomic E-state index is 11.5. The van der Waals surface area contributed by atoms with E-state index in [4.69, 9.17) is 11.6 Å². The van der Waals surface area contributed by atoms with E-state index in [9.17, 15) is 4.79 Å². The highest BCUT2D eigenvalue weighted by Crippen LogP contribution is 2.24. The minimum atomic E-state index is -0.627. The van der Waals surface area contributed by atoms with E-state index < -0.39 is 5.97 Å². The molecule has 2 rings (SSSR count). The van der Waals surface area contributed by atoms with Gasteiger partial charge in [0.05, 0.1) is 18.8 Å². The van der Waals surface area contributed by atoms with Crippen molar-refractivity contribution in [1.82, 2.24) is 15.0 Å². The molecule has 2 aromatic heterocycles. The van der Waals surface area contributed by atoms with Crippen LogP contribution >= 0.6 is 11.6 Å². The number of aromatic nitrogens is 3. The monoisotopic (exact) mass is 306 g/mol. The van der Waals surface area contributed by atoms with E-state index >= 15 is 0 Å². The highest BCUT2D eigenvalue weighted by atomic mass is 35.5. The maximum absolute atomic E-state index is 11.5. The second kappa shape index (κ2) is 6.49. The molecule has 0 amide bonds. The predicted molar refractivity (Wildman–Crippen MR) is 79.4 cm³/mol. The third-order valence-electron chi connectivity index (χ3n) is 3.11. The Hall–Kier alpha value is -2.21. The summed E-state index contributed by atoms with van der Waals surface area (Å²) >= 11 is 5.94. The van der Waals surface area contributed by atoms with Crippen LogP contribution in [0.2, 0.25) is 5.15 Å². The van der Waals surface area contributed by atoms with Gasteiger partial charge >= 0.3 is 5.97 Å². The number of pyridine rings is 1. The first kappa shape index (κ1) is 15.2. The largest absolute Gasteiger partial charge is 0.463 e. The fourth-order valence-corrected chi connectivity index (χ4v) is 1.97. The average Bonchev–Trinajstić information content (AvgIpc) is 2.52. The van der Waals surface area contributed by atoms with Crippen molar-refractivity contribution in [3.63, 3.8) is 0 Å². The molecule has 1 atom stereocenters. The molecule has 2 heterocycles. The summed E-state index contributed by atoms with van der Waals surface area (Å²) in [6, 6.07) is 7.24. The topological polar surface area (TPSA) is 68.2 Å². The second-order valence-corrected chi connectivity index (χ2v) is 4.79. The number of carbonyl (C=O) groups excluding carboxylic acids is 1. The molecule has 0 radical (unpaired) electrons. The Bertz CT molecular complexity index is 636. The first-order chi connectivity index (χ1) is 10.0. The maximum Gasteiger partial charge on any atom is 0.376 e. The molecule has 0 aliphatic rings. The van der Waals surface area contributed by atoms with Crippen molar-refractivity contribution in [3.05, 3.63) is 47.1 Å². The smallest absolute Gasteiger partial charge is 0.376 e. The molecule has 0 bridgehead atoms. The molecule has 0 spiro atoms. The van der Waals surface area contributed by atoms with Gasteiger partial charge < -0.3 is 9.64 Å². The van der Waals surface area contributed by atoms with Crippen LogP contribution in [0.3, 0.4) is 0 Å². The van der Waals surface area contributed by atoms with Gasteiger partial charge in [0.15, 0.2) is 0 Å². The number of halogens is 1. The zero-order valence-electron chi connectivity index (χ0n) is 11.9. The van der Waals surface area contributed by atoms with E-state index in [-0.39, 0.29) is 17.0 Å². The lowest BCUT2D eigenvalue weighted by atomic mass is 10.2. The van der Waals surface area contributed by atoms with E-state index in [0.717, 1.165) is 5.69 Å². The highest BCUT2D eigenvalue weighted by molar-refractivity contribution is 6.29. The SMILES string of the molecule is COC(=O)c1nc(Cl)cc(N(C)[C@H](C)c2ccccn2)n1. The highest BCUT2D eigenvalue weighted by Gasteiger charge is 2.18. The lowest BCUT2D eigenvalue weighted by Crippen LogP contribution is -2.24. The molecular weight excluding hydrogens is 292 g/mol. The predicted octanol–water partition coefficient (Wildman–Crippen LogP) is 2.51. The van der Waals surface area contributed by atoms with E-state index in [1.54, 1.807) is 12.3 Å². The van der Waals surface area contributed by atoms with Gasteiger partial charge in [-0.1, -0.05) is 17.7 Å². The molecule has 7 heteroatoms. The lowest BCUT2D eigenvalue weighted by Gasteiger charge is -2.25. The Labute approximate surface area is 127 Å². The summed E-state index contributed by atoms with van der Waals surface area (Å²) in [5.41, 5.74) is 0.884. The molecule has 0 fully saturated rings. The number of anilines is 1. The van der Waals surface area contributed by atoms with Crippen molar-refractivity contribution >= 4 is 23.4 Å². The van der Waals surface area contributed by atoms with Gasteiger partial charge in [0.25, 0.3) is 0 Å². The summed E-state index contributed by atoms with van der Waals surface area (Å²) in [4.78, 5) is 25.8. The number of methoxy groups -OCH3 is 1. The van der Waals surface area contributed by atoms with Gasteiger partial charge in [0.2, 0.25) is 5.82 Å². The number of ether oxygens (including phenoxy) is 1. The summed E-state index contributed by atoms with van der Waals surface area (Å²) in [6.07, 6.45) is 1.73. The minimum absolute atomic E-state index is 0.0392. The Morgan fingerprint density at radius 1 is 1.38 bits per heavy atom. The minimum Gasteiger partial charge on any atom is -0.463 e. The van der Waals surface area contributed by atoms with Crippen LogP contribution in [0.5, 0.6) is 0 Å². The summed E-state index contributed by atoms with van der Waals surface area (Å²) in [6.45, 7) is 1.98. The second-order valence-electron chi connectivity index (χ2n) is 4.41. The first-order valence-corrected chi connectivity index (χ1v) is 6.67. The van der Waals surface area contributed by atoms with Crippen molar-refractivity contribution in [2.45, 2.75) is 13.0 Å². The molecule has 0 saturated carbocycles. The van der Waals surface area contributed by atoms with Gasteiger partial charge in [-0.05, 0) is 19.1 Å². The lowest BCUT2D eigenvalue weighted by molar-refractivity contribution is 0.0587. The van der Waals surface area contributed by atoms with E-state index in [1.165, 1.54) is 7.11 Å². The van der Waals surface area contributed by atoms with Crippen molar-refractivity contribution in [2.24, 2.45) is 0 Å². The summed E-state index contributed by atoms with van der Waals surface area (Å²) in [7, 11) is 3.12. The molecule has 21 heavy (non-hydrogen) atoms. The molecule has 2 aromatic rings. The Balaban J connectivity index is 2.32. The van der Waals surface area contributed by atoms with Crippen molar-refractivity contribution in [3.8, 4) is 0 Å². The van der Waals surface area contributed by atoms with Crippen LogP contribution in [-0.4, -0.2) is 35.1 Å². The van der Waals surface area contributed by atoms with E-state index in [1.807, 2.05) is 37.1 Å². The molecule has 110 valence electrons. The number of hydrogen-bond donors (Lipinski definition) is 0. The molecule has 0 aliphatic carbocycles. The van der Waals surface area contributed by atoms with Gasteiger partial charge in [-0.3, -0.25) is 4.98 Å². The molecule has 0 N–H and O–H groups in total. The van der Waals surface area contributed by atoms with Crippen LogP contribution in [0.15, 0.2) is 30.5 Å². The van der Waals surface area contributed by atoms with E-state index in [2.05, 4.69) is 19.7 Å². The third kappa shape index (κ3) is 3.46. The van der Waals surface area contributed by atoms with E-state index in [0.29, 0.717) is 5.82 Å². The molecule has 0 unspecified atom stereocenters. The van der Waals surface area contributed by atoms with Crippen molar-refractivity contribution in [2.75, 3.05) is 19.1 Å². The normalized spacial score (nSPS) is 11.8. The van der Waals surface area contributed by atoms with Gasteiger partial charge in [-0.15, -0.1) is 0 Å². The zero-order valence-corrected chi connectivity index (χ0v) is 12.7. The average molecular weight is 307 g/mol. The number of nitrogens with zero attached hydrogens (tertiary/aromatic N) is 4. The van der Waals surface area contributed by atoms with Crippen LogP contribution in [0.4, 0.5) is 5.82 Å². The summed E-state index contributed by atoms with van der Waals surface area (Å²) < 4.78 is 4.62. The van der Waals surface area contributed by atoms with Crippen LogP contribution in [0, 0.1) is 0 Å². The number of rotatable bonds is 4. The third-order valence-corrected chi connectivity index (χ3v) is 3.30. The van der Waals surface area contributed by atoms with Crippen LogP contribution in [0.1, 0.15) is 29.3 Å². The van der Waals surface area contributed by atoms with Crippen molar-refractivity contribution < 1.29 is 9.53 Å². The van der Waals surface area contributed by atoms with Gasteiger partial charge in [-0.2, -0.15) is 0 Å². The molecule has 0 aliphatic heterocycles. The fraction of sp³-hybridized carbons (Fsp3) is 0.286. The standard InChI is InChI=1S/C14H15ClN4O2/c1-9(10-6-4-5-7-16-10)19(2)12-8-11(15)17-13(18-12)14(20)21-3/h4-9H,1-3H3/t9-/m1/s1. The number of carbonyl (C=O) groups is 1. The van der Waals surface area contributed by atoms with Crippen LogP contribution in [0.25, 0.3) is 0 Å². The summed E-state index contributed by atoms with van der Waals surface area (Å²) in [5.74, 6) is -0.175. The van der Waals surface area contributed by atoms with Gasteiger partial charge in [0.1, 0.15) is 11.0 Å². The molecule has 6 nitrogen and oxygen atoms in total. The van der Waals surface area contributed by atoms with Crippen LogP contribution < -0.4 is 4.90 Å². The quantitative estimate of drug-likeness (QED) is 0.638. The van der Waals surface area contributed by atoms with Gasteiger partial charge in [-0.25, -0.2) is 14.8 Å². The Morgan fingerprint density at radius 2 is 2.14 bits per heavy atom. The molecule has 0 saturated heterocycles. The Morgan fingerprint density at radius 3 is 2.76 bits per heavy atom. The van der Waals surface area contributed by atoms with Crippen LogP contribution in [-0.2, 0) is 4.74 Å². The van der Waals surface area contributed by atoms with Gasteiger partial charge in [0, 0.05) is 19.3 Å².